The molecule has 1 saturated heterocycles. The lowest BCUT2D eigenvalue weighted by atomic mass is 10.2. The lowest BCUT2D eigenvalue weighted by Gasteiger charge is -2.35. The molecule has 5 rings (SSSR count). The van der Waals surface area contributed by atoms with Crippen molar-refractivity contribution < 1.29 is 0 Å². The molecule has 4 heterocycles. The fraction of sp³-hybridized carbons (Fsp3) is 0.318. The average molecular weight is 438 g/mol. The minimum absolute atomic E-state index is 0.0397. The summed E-state index contributed by atoms with van der Waals surface area (Å²) >= 11 is 3.15. The minimum atomic E-state index is -0.0397. The Labute approximate surface area is 183 Å². The van der Waals surface area contributed by atoms with Crippen molar-refractivity contribution in [3.63, 3.8) is 0 Å². The second-order valence-electron chi connectivity index (χ2n) is 7.40. The molecule has 6 nitrogen and oxygen atoms in total. The maximum Gasteiger partial charge on any atom is 0.260 e. The molecule has 0 aliphatic carbocycles. The number of benzene rings is 1. The monoisotopic (exact) mass is 437 g/mol. The number of pyridine rings is 1. The molecule has 1 aliphatic heterocycles. The number of hydrogen-bond acceptors (Lipinski definition) is 7. The molecule has 0 bridgehead atoms. The van der Waals surface area contributed by atoms with Crippen LogP contribution in [0.15, 0.2) is 57.8 Å². The van der Waals surface area contributed by atoms with Gasteiger partial charge in [-0.1, -0.05) is 30.0 Å². The van der Waals surface area contributed by atoms with E-state index in [9.17, 15) is 4.79 Å². The first-order valence-corrected chi connectivity index (χ1v) is 12.1. The molecule has 4 aromatic rings. The zero-order chi connectivity index (χ0) is 20.3. The van der Waals surface area contributed by atoms with Crippen LogP contribution in [0.5, 0.6) is 0 Å². The number of thiophene rings is 1. The van der Waals surface area contributed by atoms with Crippen molar-refractivity contribution in [2.45, 2.75) is 11.6 Å². The summed E-state index contributed by atoms with van der Waals surface area (Å²) in [6.45, 7) is 5.17. The molecule has 8 heteroatoms. The summed E-state index contributed by atoms with van der Waals surface area (Å²) in [5.74, 6) is 2.02. The van der Waals surface area contributed by atoms with Gasteiger partial charge in [-0.15, -0.1) is 11.3 Å². The van der Waals surface area contributed by atoms with Crippen LogP contribution in [0.2, 0.25) is 0 Å². The SMILES string of the molecule is O=c1[nH]c(SCCCN2CCN(c3ccc4ccccc4n3)CC2)nc2sccc12. The van der Waals surface area contributed by atoms with Crippen LogP contribution in [0.3, 0.4) is 0 Å². The molecule has 1 aromatic carbocycles. The van der Waals surface area contributed by atoms with E-state index in [1.54, 1.807) is 11.8 Å². The molecule has 0 saturated carbocycles. The molecule has 1 N–H and O–H groups in total. The second kappa shape index (κ2) is 8.75. The van der Waals surface area contributed by atoms with E-state index in [0.29, 0.717) is 5.39 Å². The lowest BCUT2D eigenvalue weighted by Crippen LogP contribution is -2.47. The number of anilines is 1. The van der Waals surface area contributed by atoms with Crippen molar-refractivity contribution in [2.75, 3.05) is 43.4 Å². The predicted molar refractivity (Wildman–Crippen MR) is 126 cm³/mol. The number of nitrogens with zero attached hydrogens (tertiary/aromatic N) is 4. The quantitative estimate of drug-likeness (QED) is 0.281. The number of nitrogens with one attached hydrogen (secondary N) is 1. The zero-order valence-corrected chi connectivity index (χ0v) is 18.2. The molecule has 0 radical (unpaired) electrons. The van der Waals surface area contributed by atoms with Crippen molar-refractivity contribution in [1.82, 2.24) is 19.9 Å². The van der Waals surface area contributed by atoms with Gasteiger partial charge in [0.05, 0.1) is 10.9 Å². The Morgan fingerprint density at radius 1 is 1.03 bits per heavy atom. The maximum atomic E-state index is 12.0. The largest absolute Gasteiger partial charge is 0.354 e. The summed E-state index contributed by atoms with van der Waals surface area (Å²) in [6.07, 6.45) is 1.07. The van der Waals surface area contributed by atoms with Crippen molar-refractivity contribution in [2.24, 2.45) is 0 Å². The van der Waals surface area contributed by atoms with Gasteiger partial charge in [-0.25, -0.2) is 9.97 Å². The van der Waals surface area contributed by atoms with Crippen molar-refractivity contribution in [3.05, 3.63) is 58.2 Å². The summed E-state index contributed by atoms with van der Waals surface area (Å²) in [4.78, 5) is 30.0. The van der Waals surface area contributed by atoms with Gasteiger partial charge in [0.2, 0.25) is 0 Å². The molecule has 0 unspecified atom stereocenters. The predicted octanol–water partition coefficient (Wildman–Crippen LogP) is 3.84. The smallest absolute Gasteiger partial charge is 0.260 e. The van der Waals surface area contributed by atoms with E-state index in [0.717, 1.165) is 66.2 Å². The van der Waals surface area contributed by atoms with Crippen LogP contribution in [0.4, 0.5) is 5.82 Å². The van der Waals surface area contributed by atoms with Crippen LogP contribution in [0, 0.1) is 0 Å². The number of aromatic nitrogens is 3. The lowest BCUT2D eigenvalue weighted by molar-refractivity contribution is 0.258. The van der Waals surface area contributed by atoms with Gasteiger partial charge in [0, 0.05) is 37.3 Å². The molecule has 3 aromatic heterocycles. The van der Waals surface area contributed by atoms with E-state index < -0.39 is 0 Å². The van der Waals surface area contributed by atoms with Crippen LogP contribution in [-0.4, -0.2) is 58.3 Å². The third-order valence-electron chi connectivity index (χ3n) is 5.45. The Hall–Kier alpha value is -2.42. The number of hydrogen-bond donors (Lipinski definition) is 1. The number of para-hydroxylation sites is 1. The van der Waals surface area contributed by atoms with Crippen molar-refractivity contribution in [3.8, 4) is 0 Å². The summed E-state index contributed by atoms with van der Waals surface area (Å²) in [5, 5.41) is 4.51. The highest BCUT2D eigenvalue weighted by atomic mass is 32.2. The highest BCUT2D eigenvalue weighted by Gasteiger charge is 2.18. The van der Waals surface area contributed by atoms with Crippen LogP contribution in [0.1, 0.15) is 6.42 Å². The number of fused-ring (bicyclic) bond motifs is 2. The van der Waals surface area contributed by atoms with Gasteiger partial charge in [0.1, 0.15) is 10.6 Å². The second-order valence-corrected chi connectivity index (χ2v) is 9.38. The van der Waals surface area contributed by atoms with E-state index in [1.807, 2.05) is 17.5 Å². The Morgan fingerprint density at radius 2 is 1.90 bits per heavy atom. The van der Waals surface area contributed by atoms with Gasteiger partial charge in [-0.2, -0.15) is 0 Å². The Morgan fingerprint density at radius 3 is 2.80 bits per heavy atom. The van der Waals surface area contributed by atoms with Crippen molar-refractivity contribution >= 4 is 50.0 Å². The molecule has 154 valence electrons. The van der Waals surface area contributed by atoms with Crippen LogP contribution >= 0.6 is 23.1 Å². The molecule has 1 aliphatic rings. The topological polar surface area (TPSA) is 65.1 Å². The summed E-state index contributed by atoms with van der Waals surface area (Å²) in [5.41, 5.74) is 1.02. The highest BCUT2D eigenvalue weighted by Crippen LogP contribution is 2.21. The highest BCUT2D eigenvalue weighted by molar-refractivity contribution is 7.99. The molecular formula is C22H23N5OS2. The minimum Gasteiger partial charge on any atom is -0.354 e. The molecular weight excluding hydrogens is 414 g/mol. The average Bonchev–Trinajstić information content (AvgIpc) is 3.26. The fourth-order valence-electron chi connectivity index (χ4n) is 3.80. The third-order valence-corrected chi connectivity index (χ3v) is 7.22. The van der Waals surface area contributed by atoms with Gasteiger partial charge in [-0.3, -0.25) is 9.69 Å². The van der Waals surface area contributed by atoms with Crippen LogP contribution in [0.25, 0.3) is 21.1 Å². The van der Waals surface area contributed by atoms with Crippen LogP contribution in [-0.2, 0) is 0 Å². The van der Waals surface area contributed by atoms with E-state index in [-0.39, 0.29) is 5.56 Å². The first-order chi connectivity index (χ1) is 14.8. The van der Waals surface area contributed by atoms with E-state index in [1.165, 1.54) is 16.7 Å². The van der Waals surface area contributed by atoms with E-state index in [4.69, 9.17) is 4.98 Å². The van der Waals surface area contributed by atoms with Gasteiger partial charge in [0.25, 0.3) is 5.56 Å². The maximum absolute atomic E-state index is 12.0. The Balaban J connectivity index is 1.09. The summed E-state index contributed by atoms with van der Waals surface area (Å²) < 4.78 is 0. The standard InChI is InChI=1S/C22H23N5OS2/c28-20-17-8-15-29-21(17)25-22(24-20)30-14-3-9-26-10-12-27(13-11-26)19-7-6-16-4-1-2-5-18(16)23-19/h1-2,4-8,15H,3,9-14H2,(H,24,25,28). The first kappa shape index (κ1) is 19.5. The number of aromatic amines is 1. The fourth-order valence-corrected chi connectivity index (χ4v) is 5.41. The Kier molecular flexibility index (Phi) is 5.70. The normalized spacial score (nSPS) is 15.3. The van der Waals surface area contributed by atoms with Gasteiger partial charge >= 0.3 is 0 Å². The summed E-state index contributed by atoms with van der Waals surface area (Å²) in [6, 6.07) is 14.4. The molecule has 0 amide bonds. The Bertz CT molecular complexity index is 1210. The van der Waals surface area contributed by atoms with Gasteiger partial charge in [0.15, 0.2) is 5.16 Å². The first-order valence-electron chi connectivity index (χ1n) is 10.2. The molecule has 30 heavy (non-hydrogen) atoms. The number of H-pyrrole nitrogens is 1. The molecule has 0 atom stereocenters. The number of rotatable bonds is 6. The number of piperazine rings is 1. The van der Waals surface area contributed by atoms with Gasteiger partial charge in [-0.05, 0) is 42.6 Å². The number of thioether (sulfide) groups is 1. The van der Waals surface area contributed by atoms with Gasteiger partial charge < -0.3 is 9.88 Å². The van der Waals surface area contributed by atoms with E-state index in [2.05, 4.69) is 50.1 Å². The molecule has 1 fully saturated rings. The third kappa shape index (κ3) is 4.21. The van der Waals surface area contributed by atoms with Crippen molar-refractivity contribution in [1.29, 1.82) is 0 Å². The van der Waals surface area contributed by atoms with E-state index >= 15 is 0 Å². The molecule has 0 spiro atoms. The summed E-state index contributed by atoms with van der Waals surface area (Å²) in [7, 11) is 0. The van der Waals surface area contributed by atoms with Crippen LogP contribution < -0.4 is 10.5 Å². The zero-order valence-electron chi connectivity index (χ0n) is 16.6.